The lowest BCUT2D eigenvalue weighted by Gasteiger charge is -2.37. The van der Waals surface area contributed by atoms with E-state index in [9.17, 15) is 5.11 Å². The van der Waals surface area contributed by atoms with Crippen LogP contribution in [0.3, 0.4) is 0 Å². The second kappa shape index (κ2) is 6.08. The molecule has 3 nitrogen and oxygen atoms in total. The average Bonchev–Trinajstić information content (AvgIpc) is 2.74. The summed E-state index contributed by atoms with van der Waals surface area (Å²) in [4.78, 5) is 4.42. The van der Waals surface area contributed by atoms with Gasteiger partial charge in [0.15, 0.2) is 0 Å². The van der Waals surface area contributed by atoms with Crippen LogP contribution in [0.2, 0.25) is 0 Å². The molecule has 2 unspecified atom stereocenters. The van der Waals surface area contributed by atoms with Gasteiger partial charge < -0.3 is 9.67 Å². The van der Waals surface area contributed by atoms with Crippen molar-refractivity contribution in [2.45, 2.75) is 71.4 Å². The number of nitrogens with zero attached hydrogens (tertiary/aromatic N) is 2. The van der Waals surface area contributed by atoms with Crippen molar-refractivity contribution in [3.05, 3.63) is 18.2 Å². The molecule has 19 heavy (non-hydrogen) atoms. The highest BCUT2D eigenvalue weighted by Crippen LogP contribution is 2.37. The Morgan fingerprint density at radius 1 is 1.53 bits per heavy atom. The second-order valence-electron chi connectivity index (χ2n) is 6.62. The number of hydrogen-bond acceptors (Lipinski definition) is 2. The summed E-state index contributed by atoms with van der Waals surface area (Å²) in [6.45, 7) is 7.60. The molecule has 2 rings (SSSR count). The molecule has 0 aromatic carbocycles. The zero-order valence-corrected chi connectivity index (χ0v) is 12.6. The van der Waals surface area contributed by atoms with E-state index in [4.69, 9.17) is 0 Å². The zero-order chi connectivity index (χ0) is 13.9. The summed E-state index contributed by atoms with van der Waals surface area (Å²) in [6.07, 6.45) is 10.1. The second-order valence-corrected chi connectivity index (χ2v) is 6.62. The maximum absolute atomic E-state index is 10.9. The van der Waals surface area contributed by atoms with Crippen molar-refractivity contribution in [1.82, 2.24) is 9.55 Å². The van der Waals surface area contributed by atoms with Gasteiger partial charge in [0.05, 0.1) is 5.60 Å². The lowest BCUT2D eigenvalue weighted by molar-refractivity contribution is -0.0209. The number of imidazole rings is 1. The van der Waals surface area contributed by atoms with E-state index in [1.807, 2.05) is 12.4 Å². The normalized spacial score (nSPS) is 27.9. The molecular weight excluding hydrogens is 236 g/mol. The van der Waals surface area contributed by atoms with E-state index in [0.717, 1.165) is 37.5 Å². The van der Waals surface area contributed by atoms with Crippen LogP contribution < -0.4 is 0 Å². The summed E-state index contributed by atoms with van der Waals surface area (Å²) in [5.41, 5.74) is -0.532. The van der Waals surface area contributed by atoms with Crippen LogP contribution in [0.15, 0.2) is 12.4 Å². The summed E-state index contributed by atoms with van der Waals surface area (Å²) in [7, 11) is 0. The van der Waals surface area contributed by atoms with Crippen LogP contribution in [0.25, 0.3) is 0 Å². The third-order valence-electron chi connectivity index (χ3n) is 4.36. The van der Waals surface area contributed by atoms with Gasteiger partial charge in [-0.05, 0) is 38.0 Å². The zero-order valence-electron chi connectivity index (χ0n) is 12.6. The first-order chi connectivity index (χ1) is 9.02. The van der Waals surface area contributed by atoms with Crippen molar-refractivity contribution < 1.29 is 5.11 Å². The fraction of sp³-hybridized carbons (Fsp3) is 0.812. The van der Waals surface area contributed by atoms with Crippen LogP contribution in [0.5, 0.6) is 0 Å². The van der Waals surface area contributed by atoms with E-state index in [1.165, 1.54) is 12.8 Å². The highest BCUT2D eigenvalue weighted by Gasteiger charge is 2.35. The van der Waals surface area contributed by atoms with Gasteiger partial charge in [-0.25, -0.2) is 4.98 Å². The number of aromatic nitrogens is 2. The van der Waals surface area contributed by atoms with E-state index in [2.05, 4.69) is 30.3 Å². The van der Waals surface area contributed by atoms with Gasteiger partial charge in [-0.15, -0.1) is 0 Å². The molecule has 1 aromatic heterocycles. The molecule has 1 aliphatic rings. The minimum absolute atomic E-state index is 0.532. The molecule has 0 bridgehead atoms. The summed E-state index contributed by atoms with van der Waals surface area (Å²) < 4.78 is 2.14. The first-order valence-electron chi connectivity index (χ1n) is 7.75. The number of aliphatic hydroxyl groups is 1. The van der Waals surface area contributed by atoms with Gasteiger partial charge in [0.25, 0.3) is 0 Å². The van der Waals surface area contributed by atoms with Gasteiger partial charge in [0, 0.05) is 25.4 Å². The van der Waals surface area contributed by atoms with E-state index >= 15 is 0 Å². The van der Waals surface area contributed by atoms with E-state index < -0.39 is 5.60 Å². The fourth-order valence-electron chi connectivity index (χ4n) is 3.58. The molecular formula is C16H28N2O. The van der Waals surface area contributed by atoms with Gasteiger partial charge in [0.1, 0.15) is 5.82 Å². The molecule has 0 aliphatic heterocycles. The predicted octanol–water partition coefficient (Wildman–Crippen LogP) is 3.41. The Morgan fingerprint density at radius 3 is 3.00 bits per heavy atom. The van der Waals surface area contributed by atoms with Crippen molar-refractivity contribution >= 4 is 0 Å². The molecule has 0 radical (unpaired) electrons. The van der Waals surface area contributed by atoms with Crippen LogP contribution >= 0.6 is 0 Å². The van der Waals surface area contributed by atoms with Crippen molar-refractivity contribution in [3.63, 3.8) is 0 Å². The first-order valence-corrected chi connectivity index (χ1v) is 7.75. The quantitative estimate of drug-likeness (QED) is 0.885. The van der Waals surface area contributed by atoms with E-state index in [-0.39, 0.29) is 0 Å². The molecule has 2 atom stereocenters. The lowest BCUT2D eigenvalue weighted by atomic mass is 9.73. The average molecular weight is 264 g/mol. The van der Waals surface area contributed by atoms with Crippen LogP contribution in [0.1, 0.15) is 58.7 Å². The monoisotopic (exact) mass is 264 g/mol. The molecule has 0 spiro atoms. The molecule has 1 aromatic rings. The molecule has 1 heterocycles. The van der Waals surface area contributed by atoms with Gasteiger partial charge in [0.2, 0.25) is 0 Å². The smallest absolute Gasteiger partial charge is 0.111 e. The number of aryl methyl sites for hydroxylation is 1. The molecule has 1 saturated carbocycles. The maximum Gasteiger partial charge on any atom is 0.111 e. The van der Waals surface area contributed by atoms with Crippen LogP contribution in [-0.2, 0) is 13.0 Å². The molecule has 1 aliphatic carbocycles. The summed E-state index contributed by atoms with van der Waals surface area (Å²) in [6, 6.07) is 0. The van der Waals surface area contributed by atoms with Gasteiger partial charge >= 0.3 is 0 Å². The Labute approximate surface area is 117 Å². The fourth-order valence-corrected chi connectivity index (χ4v) is 3.58. The minimum Gasteiger partial charge on any atom is -0.389 e. The molecule has 0 amide bonds. The molecule has 108 valence electrons. The van der Waals surface area contributed by atoms with Crippen LogP contribution in [0.4, 0.5) is 0 Å². The Bertz CT molecular complexity index is 399. The Hall–Kier alpha value is -0.830. The standard InChI is InChI=1S/C16H28N2O/c1-4-18-9-8-17-15(18)12-16(19)7-5-6-14(11-16)10-13(2)3/h8-9,13-14,19H,4-7,10-12H2,1-3H3. The lowest BCUT2D eigenvalue weighted by Crippen LogP contribution is -2.38. The van der Waals surface area contributed by atoms with Crippen LogP contribution in [0, 0.1) is 11.8 Å². The molecule has 1 fully saturated rings. The van der Waals surface area contributed by atoms with Gasteiger partial charge in [-0.2, -0.15) is 0 Å². The van der Waals surface area contributed by atoms with Gasteiger partial charge in [-0.1, -0.05) is 26.7 Å². The third kappa shape index (κ3) is 3.82. The summed E-state index contributed by atoms with van der Waals surface area (Å²) >= 11 is 0. The van der Waals surface area contributed by atoms with E-state index in [0.29, 0.717) is 12.3 Å². The number of rotatable bonds is 5. The Morgan fingerprint density at radius 2 is 2.32 bits per heavy atom. The largest absolute Gasteiger partial charge is 0.389 e. The summed E-state index contributed by atoms with van der Waals surface area (Å²) in [5.74, 6) is 2.45. The maximum atomic E-state index is 10.9. The highest BCUT2D eigenvalue weighted by atomic mass is 16.3. The molecule has 0 saturated heterocycles. The van der Waals surface area contributed by atoms with Gasteiger partial charge in [-0.3, -0.25) is 0 Å². The van der Waals surface area contributed by atoms with Crippen molar-refractivity contribution in [3.8, 4) is 0 Å². The predicted molar refractivity (Wildman–Crippen MR) is 78.0 cm³/mol. The minimum atomic E-state index is -0.532. The highest BCUT2D eigenvalue weighted by molar-refractivity contribution is 5.00. The molecule has 3 heteroatoms. The summed E-state index contributed by atoms with van der Waals surface area (Å²) in [5, 5.41) is 10.9. The first kappa shape index (κ1) is 14.6. The molecule has 1 N–H and O–H groups in total. The van der Waals surface area contributed by atoms with E-state index in [1.54, 1.807) is 0 Å². The Balaban J connectivity index is 2.01. The van der Waals surface area contributed by atoms with Crippen LogP contribution in [-0.4, -0.2) is 20.3 Å². The number of hydrogen-bond donors (Lipinski definition) is 1. The van der Waals surface area contributed by atoms with Crippen molar-refractivity contribution in [1.29, 1.82) is 0 Å². The Kier molecular flexibility index (Phi) is 4.67. The third-order valence-corrected chi connectivity index (χ3v) is 4.36. The topological polar surface area (TPSA) is 38.0 Å². The van der Waals surface area contributed by atoms with Crippen molar-refractivity contribution in [2.75, 3.05) is 0 Å². The van der Waals surface area contributed by atoms with Crippen molar-refractivity contribution in [2.24, 2.45) is 11.8 Å². The SMILES string of the molecule is CCn1ccnc1CC1(O)CCCC(CC(C)C)C1.